The molecular formula is C11H10Br2F2O2. The molecule has 1 aromatic rings. The van der Waals surface area contributed by atoms with Crippen LogP contribution in [0.15, 0.2) is 18.2 Å². The van der Waals surface area contributed by atoms with Crippen LogP contribution in [0.4, 0.5) is 8.78 Å². The number of ketones is 1. The third-order valence-corrected chi connectivity index (χ3v) is 3.07. The van der Waals surface area contributed by atoms with Crippen LogP contribution in [0.5, 0.6) is 5.75 Å². The molecule has 0 unspecified atom stereocenters. The molecule has 0 aromatic heterocycles. The quantitative estimate of drug-likeness (QED) is 0.554. The standard InChI is InChI=1S/C11H10Br2F2O2/c12-5-4-8(16)10-7(6-13)2-1-3-9(10)17-11(14)15/h1-3,11H,4-6H2. The summed E-state index contributed by atoms with van der Waals surface area (Å²) in [5.74, 6) is -0.282. The largest absolute Gasteiger partial charge is 0.434 e. The molecule has 2 nitrogen and oxygen atoms in total. The molecule has 0 spiro atoms. The van der Waals surface area contributed by atoms with Crippen molar-refractivity contribution in [1.29, 1.82) is 0 Å². The van der Waals surface area contributed by atoms with Crippen molar-refractivity contribution in [3.63, 3.8) is 0 Å². The molecule has 6 heteroatoms. The third-order valence-electron chi connectivity index (χ3n) is 2.07. The van der Waals surface area contributed by atoms with Crippen LogP contribution in [0, 0.1) is 0 Å². The molecule has 0 aliphatic carbocycles. The molecule has 1 aromatic carbocycles. The molecule has 1 rings (SSSR count). The van der Waals surface area contributed by atoms with Crippen molar-refractivity contribution < 1.29 is 18.3 Å². The Bertz CT molecular complexity index is 397. The zero-order valence-corrected chi connectivity index (χ0v) is 11.9. The van der Waals surface area contributed by atoms with Gasteiger partial charge in [-0.3, -0.25) is 4.79 Å². The van der Waals surface area contributed by atoms with E-state index in [1.165, 1.54) is 6.07 Å². The van der Waals surface area contributed by atoms with Crippen LogP contribution >= 0.6 is 31.9 Å². The van der Waals surface area contributed by atoms with E-state index >= 15 is 0 Å². The fraction of sp³-hybridized carbons (Fsp3) is 0.364. The zero-order chi connectivity index (χ0) is 12.8. The van der Waals surface area contributed by atoms with Crippen LogP contribution in [0.2, 0.25) is 0 Å². The molecule has 0 heterocycles. The van der Waals surface area contributed by atoms with Crippen molar-refractivity contribution in [2.75, 3.05) is 5.33 Å². The first-order valence-electron chi connectivity index (χ1n) is 4.82. The van der Waals surface area contributed by atoms with E-state index in [0.717, 1.165) is 0 Å². The van der Waals surface area contributed by atoms with Gasteiger partial charge in [0.15, 0.2) is 5.78 Å². The molecule has 0 saturated carbocycles. The Hall–Kier alpha value is -0.490. The summed E-state index contributed by atoms with van der Waals surface area (Å²) in [6.07, 6.45) is 0.240. The molecule has 0 radical (unpaired) electrons. The Balaban J connectivity index is 3.15. The fourth-order valence-corrected chi connectivity index (χ4v) is 2.24. The minimum absolute atomic E-state index is 0.0668. The minimum atomic E-state index is -2.93. The van der Waals surface area contributed by atoms with Gasteiger partial charge in [0.1, 0.15) is 5.75 Å². The van der Waals surface area contributed by atoms with Gasteiger partial charge in [0.25, 0.3) is 0 Å². The first kappa shape index (κ1) is 14.6. The Labute approximate surface area is 115 Å². The number of carbonyl (C=O) groups is 1. The van der Waals surface area contributed by atoms with Crippen LogP contribution in [0.25, 0.3) is 0 Å². The first-order chi connectivity index (χ1) is 8.10. The van der Waals surface area contributed by atoms with E-state index in [2.05, 4.69) is 36.6 Å². The van der Waals surface area contributed by atoms with Crippen molar-refractivity contribution >= 4 is 37.6 Å². The summed E-state index contributed by atoms with van der Waals surface area (Å²) in [6.45, 7) is -2.93. The second kappa shape index (κ2) is 7.06. The molecule has 94 valence electrons. The number of Topliss-reactive ketones (excluding diaryl/α,β-unsaturated/α-hetero) is 1. The number of halogens is 4. The van der Waals surface area contributed by atoms with Crippen molar-refractivity contribution in [2.45, 2.75) is 18.4 Å². The highest BCUT2D eigenvalue weighted by molar-refractivity contribution is 9.09. The van der Waals surface area contributed by atoms with Crippen LogP contribution in [-0.2, 0) is 5.33 Å². The lowest BCUT2D eigenvalue weighted by atomic mass is 10.0. The molecule has 0 fully saturated rings. The Morgan fingerprint density at radius 2 is 2.06 bits per heavy atom. The number of benzene rings is 1. The molecule has 0 N–H and O–H groups in total. The Morgan fingerprint density at radius 1 is 1.35 bits per heavy atom. The number of alkyl halides is 4. The number of hydrogen-bond acceptors (Lipinski definition) is 2. The zero-order valence-electron chi connectivity index (χ0n) is 8.76. The van der Waals surface area contributed by atoms with Crippen LogP contribution in [0.1, 0.15) is 22.3 Å². The molecule has 0 atom stereocenters. The molecule has 0 bridgehead atoms. The number of hydrogen-bond donors (Lipinski definition) is 0. The molecule has 0 aliphatic heterocycles. The van der Waals surface area contributed by atoms with E-state index in [4.69, 9.17) is 0 Å². The van der Waals surface area contributed by atoms with E-state index in [9.17, 15) is 13.6 Å². The summed E-state index contributed by atoms with van der Waals surface area (Å²) < 4.78 is 28.8. The number of carbonyl (C=O) groups excluding carboxylic acids is 1. The number of ether oxygens (including phenoxy) is 1. The lowest BCUT2D eigenvalue weighted by Crippen LogP contribution is -2.10. The smallest absolute Gasteiger partial charge is 0.387 e. The van der Waals surface area contributed by atoms with Gasteiger partial charge in [0.2, 0.25) is 0 Å². The van der Waals surface area contributed by atoms with Gasteiger partial charge in [-0.15, -0.1) is 0 Å². The normalized spacial score (nSPS) is 10.6. The monoisotopic (exact) mass is 370 g/mol. The van der Waals surface area contributed by atoms with Gasteiger partial charge < -0.3 is 4.74 Å². The van der Waals surface area contributed by atoms with Crippen molar-refractivity contribution in [3.05, 3.63) is 29.3 Å². The van der Waals surface area contributed by atoms with Gasteiger partial charge >= 0.3 is 6.61 Å². The van der Waals surface area contributed by atoms with E-state index in [-0.39, 0.29) is 23.5 Å². The van der Waals surface area contributed by atoms with E-state index in [0.29, 0.717) is 16.2 Å². The van der Waals surface area contributed by atoms with E-state index < -0.39 is 6.61 Å². The summed E-state index contributed by atoms with van der Waals surface area (Å²) >= 11 is 6.37. The van der Waals surface area contributed by atoms with Crippen LogP contribution in [0.3, 0.4) is 0 Å². The molecular weight excluding hydrogens is 362 g/mol. The van der Waals surface area contributed by atoms with Crippen molar-refractivity contribution in [3.8, 4) is 5.75 Å². The fourth-order valence-electron chi connectivity index (χ4n) is 1.41. The predicted octanol–water partition coefficient (Wildman–Crippen LogP) is 4.15. The highest BCUT2D eigenvalue weighted by atomic mass is 79.9. The maximum Gasteiger partial charge on any atom is 0.387 e. The van der Waals surface area contributed by atoms with Gasteiger partial charge in [-0.05, 0) is 11.6 Å². The second-order valence-electron chi connectivity index (χ2n) is 3.16. The van der Waals surface area contributed by atoms with Gasteiger partial charge in [0, 0.05) is 17.1 Å². The van der Waals surface area contributed by atoms with Crippen molar-refractivity contribution in [2.24, 2.45) is 0 Å². The Morgan fingerprint density at radius 3 is 2.59 bits per heavy atom. The molecule has 0 aliphatic rings. The summed E-state index contributed by atoms with van der Waals surface area (Å²) in [5.41, 5.74) is 0.873. The highest BCUT2D eigenvalue weighted by Gasteiger charge is 2.18. The summed E-state index contributed by atoms with van der Waals surface area (Å²) in [6, 6.07) is 4.66. The van der Waals surface area contributed by atoms with Crippen LogP contribution in [-0.4, -0.2) is 17.7 Å². The van der Waals surface area contributed by atoms with Crippen molar-refractivity contribution in [1.82, 2.24) is 0 Å². The second-order valence-corrected chi connectivity index (χ2v) is 4.52. The maximum absolute atomic E-state index is 12.2. The predicted molar refractivity (Wildman–Crippen MR) is 68.4 cm³/mol. The lowest BCUT2D eigenvalue weighted by Gasteiger charge is -2.12. The first-order valence-corrected chi connectivity index (χ1v) is 7.06. The van der Waals surface area contributed by atoms with Gasteiger partial charge in [-0.1, -0.05) is 44.0 Å². The number of rotatable bonds is 6. The summed E-state index contributed by atoms with van der Waals surface area (Å²) in [5, 5.41) is 0.896. The van der Waals surface area contributed by atoms with Gasteiger partial charge in [0.05, 0.1) is 5.56 Å². The minimum Gasteiger partial charge on any atom is -0.434 e. The summed E-state index contributed by atoms with van der Waals surface area (Å²) in [7, 11) is 0. The van der Waals surface area contributed by atoms with E-state index in [1.54, 1.807) is 12.1 Å². The average Bonchev–Trinajstić information content (AvgIpc) is 2.28. The topological polar surface area (TPSA) is 26.3 Å². The highest BCUT2D eigenvalue weighted by Crippen LogP contribution is 2.27. The third kappa shape index (κ3) is 4.03. The maximum atomic E-state index is 12.2. The van der Waals surface area contributed by atoms with Gasteiger partial charge in [-0.25, -0.2) is 0 Å². The van der Waals surface area contributed by atoms with Crippen LogP contribution < -0.4 is 4.74 Å². The van der Waals surface area contributed by atoms with E-state index in [1.807, 2.05) is 0 Å². The SMILES string of the molecule is O=C(CCBr)c1c(CBr)cccc1OC(F)F. The molecule has 17 heavy (non-hydrogen) atoms. The lowest BCUT2D eigenvalue weighted by molar-refractivity contribution is -0.0501. The molecule has 0 saturated heterocycles. The molecule has 0 amide bonds. The van der Waals surface area contributed by atoms with Gasteiger partial charge in [-0.2, -0.15) is 8.78 Å². The Kier molecular flexibility index (Phi) is 6.05. The average molecular weight is 372 g/mol. The summed E-state index contributed by atoms with van der Waals surface area (Å²) in [4.78, 5) is 11.9.